The van der Waals surface area contributed by atoms with Crippen molar-refractivity contribution in [2.45, 2.75) is 25.2 Å². The maximum Gasteiger partial charge on any atom is 0.227 e. The fourth-order valence-electron chi connectivity index (χ4n) is 3.53. The molecule has 0 bridgehead atoms. The Labute approximate surface area is 168 Å². The van der Waals surface area contributed by atoms with E-state index in [9.17, 15) is 5.11 Å². The Bertz CT molecular complexity index is 1030. The lowest BCUT2D eigenvalue weighted by atomic mass is 9.85. The second-order valence-electron chi connectivity index (χ2n) is 7.17. The number of rotatable bonds is 5. The van der Waals surface area contributed by atoms with Gasteiger partial charge in [0.05, 0.1) is 25.1 Å². The van der Waals surface area contributed by atoms with Crippen LogP contribution >= 0.6 is 11.6 Å². The monoisotopic (exact) mass is 396 g/mol. The number of aliphatic hydroxyl groups excluding tert-OH is 1. The Kier molecular flexibility index (Phi) is 4.91. The van der Waals surface area contributed by atoms with Gasteiger partial charge in [0.1, 0.15) is 5.75 Å². The molecule has 6 nitrogen and oxygen atoms in total. The van der Waals surface area contributed by atoms with E-state index in [2.05, 4.69) is 33.3 Å². The van der Waals surface area contributed by atoms with E-state index in [1.165, 1.54) is 0 Å². The zero-order valence-corrected chi connectivity index (χ0v) is 16.5. The fourth-order valence-corrected chi connectivity index (χ4v) is 3.70. The van der Waals surface area contributed by atoms with Crippen molar-refractivity contribution < 1.29 is 9.84 Å². The van der Waals surface area contributed by atoms with Crippen LogP contribution in [0.25, 0.3) is 11.3 Å². The molecule has 2 heterocycles. The number of anilines is 2. The number of ether oxygens (including phenoxy) is 1. The quantitative estimate of drug-likeness (QED) is 0.674. The van der Waals surface area contributed by atoms with E-state index >= 15 is 0 Å². The molecule has 2 aromatic heterocycles. The molecule has 0 saturated heterocycles. The molecule has 0 spiro atoms. The van der Waals surface area contributed by atoms with Gasteiger partial charge in [0.25, 0.3) is 0 Å². The second kappa shape index (κ2) is 7.37. The minimum Gasteiger partial charge on any atom is -0.495 e. The molecule has 1 atom stereocenters. The van der Waals surface area contributed by atoms with Crippen LogP contribution in [0.3, 0.4) is 0 Å². The van der Waals surface area contributed by atoms with Gasteiger partial charge in [0.15, 0.2) is 0 Å². The Hall–Kier alpha value is -2.70. The van der Waals surface area contributed by atoms with E-state index in [0.717, 1.165) is 35.4 Å². The first-order valence-electron chi connectivity index (χ1n) is 9.07. The van der Waals surface area contributed by atoms with Gasteiger partial charge in [-0.25, -0.2) is 9.97 Å². The number of halogens is 1. The number of aliphatic hydroxyl groups is 1. The number of aryl methyl sites for hydroxylation is 1. The zero-order valence-electron chi connectivity index (χ0n) is 15.7. The summed E-state index contributed by atoms with van der Waals surface area (Å²) in [6.07, 6.45) is 5.31. The lowest BCUT2D eigenvalue weighted by Gasteiger charge is -2.22. The largest absolute Gasteiger partial charge is 0.495 e. The summed E-state index contributed by atoms with van der Waals surface area (Å²) in [5, 5.41) is 13.6. The first-order valence-corrected chi connectivity index (χ1v) is 9.44. The first kappa shape index (κ1) is 18.7. The van der Waals surface area contributed by atoms with Crippen LogP contribution in [0.1, 0.15) is 24.6 Å². The Balaban J connectivity index is 1.67. The summed E-state index contributed by atoms with van der Waals surface area (Å²) in [4.78, 5) is 13.5. The molecule has 3 aromatic rings. The second-order valence-corrected chi connectivity index (χ2v) is 7.61. The lowest BCUT2D eigenvalue weighted by Crippen LogP contribution is -2.23. The standard InChI is InChI=1S/C21H21ClN4O2/c1-21(12-27)7-5-17-15(21)9-13(11-24-17)16-6-8-23-20(25-16)26-18-10-14(22)3-4-19(18)28-2/h3-4,6,8-11,27H,5,7,12H2,1-2H3,(H,23,25,26). The summed E-state index contributed by atoms with van der Waals surface area (Å²) in [5.41, 5.74) is 4.23. The molecule has 0 saturated carbocycles. The van der Waals surface area contributed by atoms with Gasteiger partial charge >= 0.3 is 0 Å². The topological polar surface area (TPSA) is 80.2 Å². The van der Waals surface area contributed by atoms with E-state index < -0.39 is 0 Å². The molecule has 7 heteroatoms. The highest BCUT2D eigenvalue weighted by Gasteiger charge is 2.34. The number of aromatic nitrogens is 3. The number of benzene rings is 1. The van der Waals surface area contributed by atoms with Crippen molar-refractivity contribution in [3.8, 4) is 17.0 Å². The maximum atomic E-state index is 9.83. The highest BCUT2D eigenvalue weighted by atomic mass is 35.5. The zero-order chi connectivity index (χ0) is 19.7. The van der Waals surface area contributed by atoms with E-state index in [0.29, 0.717) is 22.4 Å². The van der Waals surface area contributed by atoms with E-state index in [1.807, 2.05) is 12.3 Å². The molecule has 0 fully saturated rings. The van der Waals surface area contributed by atoms with Gasteiger partial charge in [-0.05, 0) is 48.7 Å². The van der Waals surface area contributed by atoms with Crippen LogP contribution < -0.4 is 10.1 Å². The van der Waals surface area contributed by atoms with Crippen LogP contribution in [-0.4, -0.2) is 33.8 Å². The third-order valence-corrected chi connectivity index (χ3v) is 5.48. The molecule has 1 aliphatic carbocycles. The molecule has 28 heavy (non-hydrogen) atoms. The summed E-state index contributed by atoms with van der Waals surface area (Å²) in [6, 6.07) is 9.23. The average molecular weight is 397 g/mol. The third kappa shape index (κ3) is 3.41. The Morgan fingerprint density at radius 2 is 2.11 bits per heavy atom. The number of nitrogens with zero attached hydrogens (tertiary/aromatic N) is 3. The first-order chi connectivity index (χ1) is 13.5. The molecule has 1 aromatic carbocycles. The molecular formula is C21H21ClN4O2. The van der Waals surface area contributed by atoms with Gasteiger partial charge < -0.3 is 15.2 Å². The molecule has 1 aliphatic rings. The van der Waals surface area contributed by atoms with E-state index in [4.69, 9.17) is 16.3 Å². The lowest BCUT2D eigenvalue weighted by molar-refractivity contribution is 0.206. The van der Waals surface area contributed by atoms with E-state index in [-0.39, 0.29) is 12.0 Å². The number of hydrogen-bond acceptors (Lipinski definition) is 6. The predicted octanol–water partition coefficient (Wildman–Crippen LogP) is 4.14. The highest BCUT2D eigenvalue weighted by molar-refractivity contribution is 6.31. The van der Waals surface area contributed by atoms with Crippen LogP contribution in [0.2, 0.25) is 5.02 Å². The van der Waals surface area contributed by atoms with Gasteiger partial charge in [0, 0.05) is 34.1 Å². The van der Waals surface area contributed by atoms with Gasteiger partial charge in [-0.2, -0.15) is 0 Å². The number of hydrogen-bond donors (Lipinski definition) is 2. The minimum absolute atomic E-state index is 0.107. The van der Waals surface area contributed by atoms with Crippen LogP contribution in [0, 0.1) is 0 Å². The molecule has 144 valence electrons. The summed E-state index contributed by atoms with van der Waals surface area (Å²) in [6.45, 7) is 2.18. The van der Waals surface area contributed by atoms with Gasteiger partial charge in [-0.15, -0.1) is 0 Å². The third-order valence-electron chi connectivity index (χ3n) is 5.24. The minimum atomic E-state index is -0.249. The summed E-state index contributed by atoms with van der Waals surface area (Å²) in [7, 11) is 1.60. The van der Waals surface area contributed by atoms with Crippen molar-refractivity contribution in [3.63, 3.8) is 0 Å². The molecular weight excluding hydrogens is 376 g/mol. The van der Waals surface area contributed by atoms with Gasteiger partial charge in [-0.1, -0.05) is 18.5 Å². The summed E-state index contributed by atoms with van der Waals surface area (Å²) >= 11 is 6.10. The molecule has 0 aliphatic heterocycles. The fraction of sp³-hybridized carbons (Fsp3) is 0.286. The molecule has 1 unspecified atom stereocenters. The van der Waals surface area contributed by atoms with Crippen molar-refractivity contribution in [1.82, 2.24) is 15.0 Å². The smallest absolute Gasteiger partial charge is 0.227 e. The highest BCUT2D eigenvalue weighted by Crippen LogP contribution is 2.39. The van der Waals surface area contributed by atoms with Crippen LogP contribution in [0.5, 0.6) is 5.75 Å². The number of methoxy groups -OCH3 is 1. The normalized spacial score (nSPS) is 18.0. The molecule has 0 amide bonds. The van der Waals surface area contributed by atoms with Crippen molar-refractivity contribution >= 4 is 23.2 Å². The molecule has 0 radical (unpaired) electrons. The van der Waals surface area contributed by atoms with E-state index in [1.54, 1.807) is 31.5 Å². The van der Waals surface area contributed by atoms with Crippen molar-refractivity contribution in [2.24, 2.45) is 0 Å². The van der Waals surface area contributed by atoms with Gasteiger partial charge in [-0.3, -0.25) is 4.98 Å². The number of pyridine rings is 1. The maximum absolute atomic E-state index is 9.83. The van der Waals surface area contributed by atoms with Crippen molar-refractivity contribution in [3.05, 3.63) is 59.0 Å². The van der Waals surface area contributed by atoms with Crippen molar-refractivity contribution in [2.75, 3.05) is 19.0 Å². The molecule has 4 rings (SSSR count). The Morgan fingerprint density at radius 3 is 2.89 bits per heavy atom. The van der Waals surface area contributed by atoms with Crippen LogP contribution in [0.15, 0.2) is 42.7 Å². The SMILES string of the molecule is COc1ccc(Cl)cc1Nc1nccc(-c2cnc3c(c2)C(C)(CO)CC3)n1. The number of fused-ring (bicyclic) bond motifs is 1. The summed E-state index contributed by atoms with van der Waals surface area (Å²) < 4.78 is 5.36. The van der Waals surface area contributed by atoms with Crippen LogP contribution in [-0.2, 0) is 11.8 Å². The molecule has 2 N–H and O–H groups in total. The predicted molar refractivity (Wildman–Crippen MR) is 109 cm³/mol. The Morgan fingerprint density at radius 1 is 1.25 bits per heavy atom. The summed E-state index contributed by atoms with van der Waals surface area (Å²) in [5.74, 6) is 1.08. The number of nitrogens with one attached hydrogen (secondary N) is 1. The van der Waals surface area contributed by atoms with Crippen molar-refractivity contribution in [1.29, 1.82) is 0 Å². The van der Waals surface area contributed by atoms with Crippen LogP contribution in [0.4, 0.5) is 11.6 Å². The average Bonchev–Trinajstić information content (AvgIpc) is 3.05. The van der Waals surface area contributed by atoms with Gasteiger partial charge in [0.2, 0.25) is 5.95 Å².